The fourth-order valence-electron chi connectivity index (χ4n) is 2.89. The van der Waals surface area contributed by atoms with Gasteiger partial charge in [0.15, 0.2) is 11.5 Å². The first-order valence-electron chi connectivity index (χ1n) is 9.68. The van der Waals surface area contributed by atoms with Crippen LogP contribution >= 0.6 is 11.8 Å². The van der Waals surface area contributed by atoms with E-state index in [4.69, 9.17) is 14.0 Å². The third kappa shape index (κ3) is 5.19. The molecule has 0 N–H and O–H groups in total. The molecular weight excluding hydrogens is 458 g/mol. The molecule has 172 valence electrons. The lowest BCUT2D eigenvalue weighted by molar-refractivity contribution is -0.0512. The average molecular weight is 476 g/mol. The summed E-state index contributed by atoms with van der Waals surface area (Å²) in [6.45, 7) is -0.559. The van der Waals surface area contributed by atoms with Crippen LogP contribution in [-0.2, 0) is 5.75 Å². The second-order valence-corrected chi connectivity index (χ2v) is 7.26. The van der Waals surface area contributed by atoms with Crippen molar-refractivity contribution < 1.29 is 27.5 Å². The van der Waals surface area contributed by atoms with Crippen LogP contribution in [0.4, 0.5) is 8.78 Å². The number of aromatic nitrogens is 6. The molecule has 0 radical (unpaired) electrons. The molecule has 0 aliphatic carbocycles. The summed E-state index contributed by atoms with van der Waals surface area (Å²) in [5.41, 5.74) is 1.22. The Hall–Kier alpha value is -3.74. The minimum absolute atomic E-state index is 0.0882. The van der Waals surface area contributed by atoms with E-state index in [-0.39, 0.29) is 17.3 Å². The van der Waals surface area contributed by atoms with Gasteiger partial charge in [-0.2, -0.15) is 18.4 Å². The smallest absolute Gasteiger partial charge is 0.387 e. The highest BCUT2D eigenvalue weighted by molar-refractivity contribution is 7.98. The molecule has 0 aliphatic heterocycles. The molecule has 2 heterocycles. The normalized spacial score (nSPS) is 11.1. The lowest BCUT2D eigenvalue weighted by atomic mass is 10.2. The van der Waals surface area contributed by atoms with E-state index in [1.165, 1.54) is 37.1 Å². The number of rotatable bonds is 10. The molecule has 0 fully saturated rings. The van der Waals surface area contributed by atoms with Crippen molar-refractivity contribution in [2.24, 2.45) is 0 Å². The average Bonchev–Trinajstić information content (AvgIpc) is 3.48. The molecule has 0 atom stereocenters. The minimum atomic E-state index is -2.96. The topological polar surface area (TPSA) is 110 Å². The van der Waals surface area contributed by atoms with Crippen LogP contribution in [0.15, 0.2) is 52.1 Å². The molecule has 0 bridgehead atoms. The van der Waals surface area contributed by atoms with E-state index in [2.05, 4.69) is 30.4 Å². The summed E-state index contributed by atoms with van der Waals surface area (Å²) in [5, 5.41) is 16.3. The van der Waals surface area contributed by atoms with Crippen LogP contribution < -0.4 is 14.2 Å². The zero-order valence-corrected chi connectivity index (χ0v) is 18.3. The van der Waals surface area contributed by atoms with Crippen molar-refractivity contribution >= 4 is 11.8 Å². The Morgan fingerprint density at radius 2 is 1.97 bits per heavy atom. The maximum Gasteiger partial charge on any atom is 0.387 e. The SMILES string of the molecule is CCOc1ccccc1-n1nnnc1SCc1nc(-c2ccc(OC(F)F)c(OC)c2)no1. The van der Waals surface area contributed by atoms with Gasteiger partial charge in [-0.3, -0.25) is 0 Å². The number of benzene rings is 2. The number of thioether (sulfide) groups is 1. The number of tetrazole rings is 1. The van der Waals surface area contributed by atoms with Gasteiger partial charge < -0.3 is 18.7 Å². The Morgan fingerprint density at radius 1 is 1.12 bits per heavy atom. The summed E-state index contributed by atoms with van der Waals surface area (Å²) in [7, 11) is 1.35. The molecule has 2 aromatic carbocycles. The Morgan fingerprint density at radius 3 is 2.76 bits per heavy atom. The van der Waals surface area contributed by atoms with E-state index in [9.17, 15) is 8.78 Å². The molecule has 33 heavy (non-hydrogen) atoms. The summed E-state index contributed by atoms with van der Waals surface area (Å²) >= 11 is 1.30. The van der Waals surface area contributed by atoms with Crippen molar-refractivity contribution in [2.45, 2.75) is 24.4 Å². The molecule has 0 aliphatic rings. The number of nitrogens with zero attached hydrogens (tertiary/aromatic N) is 6. The third-order valence-electron chi connectivity index (χ3n) is 4.26. The summed E-state index contributed by atoms with van der Waals surface area (Å²) in [5.74, 6) is 1.59. The maximum absolute atomic E-state index is 12.5. The van der Waals surface area contributed by atoms with Gasteiger partial charge >= 0.3 is 6.61 Å². The molecule has 0 amide bonds. The number of para-hydroxylation sites is 2. The summed E-state index contributed by atoms with van der Waals surface area (Å²) in [6, 6.07) is 11.8. The van der Waals surface area contributed by atoms with E-state index in [1.807, 2.05) is 31.2 Å². The Labute approximate surface area is 190 Å². The molecule has 0 saturated heterocycles. The van der Waals surface area contributed by atoms with Crippen molar-refractivity contribution in [3.05, 3.63) is 48.4 Å². The summed E-state index contributed by atoms with van der Waals surface area (Å²) in [4.78, 5) is 4.35. The van der Waals surface area contributed by atoms with Crippen LogP contribution in [-0.4, -0.2) is 50.7 Å². The maximum atomic E-state index is 12.5. The molecule has 0 saturated carbocycles. The van der Waals surface area contributed by atoms with Gasteiger partial charge in [0, 0.05) is 5.56 Å². The van der Waals surface area contributed by atoms with Gasteiger partial charge in [0.05, 0.1) is 19.5 Å². The van der Waals surface area contributed by atoms with Crippen molar-refractivity contribution in [1.82, 2.24) is 30.3 Å². The fraction of sp³-hybridized carbons (Fsp3) is 0.250. The first kappa shape index (κ1) is 22.5. The number of ether oxygens (including phenoxy) is 3. The van der Waals surface area contributed by atoms with Crippen LogP contribution in [0.1, 0.15) is 12.8 Å². The van der Waals surface area contributed by atoms with Crippen LogP contribution in [0, 0.1) is 0 Å². The molecule has 4 rings (SSSR count). The van der Waals surface area contributed by atoms with Gasteiger partial charge in [-0.25, -0.2) is 0 Å². The van der Waals surface area contributed by atoms with Crippen molar-refractivity contribution in [3.8, 4) is 34.3 Å². The molecule has 2 aromatic heterocycles. The van der Waals surface area contributed by atoms with Gasteiger partial charge in [-0.15, -0.1) is 5.10 Å². The van der Waals surface area contributed by atoms with E-state index in [0.29, 0.717) is 40.4 Å². The standard InChI is InChI=1S/C20H18F2N6O4S/c1-3-30-14-7-5-4-6-13(14)28-20(24-26-27-28)33-11-17-23-18(25-32-17)12-8-9-15(31-19(21)22)16(10-12)29-2/h4-10,19H,3,11H2,1-2H3. The zero-order valence-electron chi connectivity index (χ0n) is 17.5. The molecule has 10 nitrogen and oxygen atoms in total. The van der Waals surface area contributed by atoms with Crippen LogP contribution in [0.25, 0.3) is 17.1 Å². The third-order valence-corrected chi connectivity index (χ3v) is 5.17. The fourth-order valence-corrected chi connectivity index (χ4v) is 3.61. The van der Waals surface area contributed by atoms with Crippen LogP contribution in [0.2, 0.25) is 0 Å². The largest absolute Gasteiger partial charge is 0.493 e. The van der Waals surface area contributed by atoms with E-state index >= 15 is 0 Å². The first-order valence-corrected chi connectivity index (χ1v) is 10.7. The monoisotopic (exact) mass is 476 g/mol. The van der Waals surface area contributed by atoms with Gasteiger partial charge in [-0.1, -0.05) is 29.1 Å². The molecule has 0 spiro atoms. The van der Waals surface area contributed by atoms with Gasteiger partial charge in [0.2, 0.25) is 16.9 Å². The van der Waals surface area contributed by atoms with E-state index in [0.717, 1.165) is 0 Å². The Balaban J connectivity index is 1.49. The lowest BCUT2D eigenvalue weighted by Crippen LogP contribution is -2.03. The number of hydrogen-bond acceptors (Lipinski definition) is 10. The predicted octanol–water partition coefficient (Wildman–Crippen LogP) is 4.01. The van der Waals surface area contributed by atoms with Gasteiger partial charge in [0.1, 0.15) is 11.4 Å². The van der Waals surface area contributed by atoms with E-state index in [1.54, 1.807) is 4.68 Å². The van der Waals surface area contributed by atoms with Crippen LogP contribution in [0.3, 0.4) is 0 Å². The number of halogens is 2. The number of methoxy groups -OCH3 is 1. The highest BCUT2D eigenvalue weighted by atomic mass is 32.2. The molecule has 0 unspecified atom stereocenters. The predicted molar refractivity (Wildman–Crippen MR) is 113 cm³/mol. The first-order chi connectivity index (χ1) is 16.1. The molecule has 13 heteroatoms. The van der Waals surface area contributed by atoms with Gasteiger partial charge in [0.25, 0.3) is 0 Å². The number of hydrogen-bond donors (Lipinski definition) is 0. The lowest BCUT2D eigenvalue weighted by Gasteiger charge is -2.10. The van der Waals surface area contributed by atoms with Crippen molar-refractivity contribution in [2.75, 3.05) is 13.7 Å². The van der Waals surface area contributed by atoms with Crippen molar-refractivity contribution in [1.29, 1.82) is 0 Å². The highest BCUT2D eigenvalue weighted by Gasteiger charge is 2.17. The molecule has 4 aromatic rings. The highest BCUT2D eigenvalue weighted by Crippen LogP contribution is 2.33. The van der Waals surface area contributed by atoms with Crippen molar-refractivity contribution in [3.63, 3.8) is 0 Å². The minimum Gasteiger partial charge on any atom is -0.493 e. The second kappa shape index (κ2) is 10.3. The summed E-state index contributed by atoms with van der Waals surface area (Å²) in [6.07, 6.45) is 0. The Kier molecular flexibility index (Phi) is 6.98. The quantitative estimate of drug-likeness (QED) is 0.311. The molecular formula is C20H18F2N6O4S. The van der Waals surface area contributed by atoms with Crippen LogP contribution in [0.5, 0.6) is 17.2 Å². The van der Waals surface area contributed by atoms with Gasteiger partial charge in [-0.05, 0) is 47.7 Å². The Bertz CT molecular complexity index is 1220. The zero-order chi connectivity index (χ0) is 23.2. The van der Waals surface area contributed by atoms with E-state index < -0.39 is 6.61 Å². The second-order valence-electron chi connectivity index (χ2n) is 6.32. The summed E-state index contributed by atoms with van der Waals surface area (Å²) < 4.78 is 47.1. The number of alkyl halides is 2.